The lowest BCUT2D eigenvalue weighted by Crippen LogP contribution is -2.48. The average molecular weight is 395 g/mol. The molecule has 0 atom stereocenters. The van der Waals surface area contributed by atoms with Gasteiger partial charge in [0.05, 0.1) is 7.11 Å². The first-order valence-electron chi connectivity index (χ1n) is 8.63. The lowest BCUT2D eigenvalue weighted by molar-refractivity contribution is 0.374. The number of sulfonamides is 1. The summed E-state index contributed by atoms with van der Waals surface area (Å²) >= 11 is 5.94. The van der Waals surface area contributed by atoms with E-state index in [1.165, 1.54) is 11.4 Å². The second-order valence-corrected chi connectivity index (χ2v) is 8.55. The molecule has 1 aliphatic heterocycles. The highest BCUT2D eigenvalue weighted by atomic mass is 35.5. The first-order chi connectivity index (χ1) is 12.5. The number of rotatable bonds is 5. The van der Waals surface area contributed by atoms with Crippen LogP contribution in [-0.4, -0.2) is 46.0 Å². The van der Waals surface area contributed by atoms with Crippen molar-refractivity contribution in [3.8, 4) is 5.75 Å². The van der Waals surface area contributed by atoms with Gasteiger partial charge in [-0.25, -0.2) is 8.42 Å². The topological polar surface area (TPSA) is 49.9 Å². The van der Waals surface area contributed by atoms with Crippen molar-refractivity contribution in [1.82, 2.24) is 4.31 Å². The summed E-state index contributed by atoms with van der Waals surface area (Å²) in [6.07, 6.45) is 0.775. The fraction of sp³-hybridized carbons (Fsp3) is 0.368. The van der Waals surface area contributed by atoms with E-state index in [0.717, 1.165) is 17.7 Å². The molecule has 2 aromatic carbocycles. The summed E-state index contributed by atoms with van der Waals surface area (Å²) < 4.78 is 33.1. The molecule has 1 saturated heterocycles. The summed E-state index contributed by atoms with van der Waals surface area (Å²) in [6.45, 7) is 4.14. The Morgan fingerprint density at radius 1 is 1.04 bits per heavy atom. The van der Waals surface area contributed by atoms with E-state index in [4.69, 9.17) is 16.3 Å². The molecule has 0 unspecified atom stereocenters. The zero-order valence-corrected chi connectivity index (χ0v) is 16.6. The first kappa shape index (κ1) is 19.0. The van der Waals surface area contributed by atoms with Crippen molar-refractivity contribution in [1.29, 1.82) is 0 Å². The van der Waals surface area contributed by atoms with Gasteiger partial charge >= 0.3 is 0 Å². The predicted octanol–water partition coefficient (Wildman–Crippen LogP) is 3.42. The second-order valence-electron chi connectivity index (χ2n) is 6.21. The summed E-state index contributed by atoms with van der Waals surface area (Å²) in [5, 5.41) is 0.692. The second kappa shape index (κ2) is 7.86. The molecule has 1 fully saturated rings. The van der Waals surface area contributed by atoms with Gasteiger partial charge in [0.2, 0.25) is 10.0 Å². The zero-order valence-electron chi connectivity index (χ0n) is 15.0. The minimum Gasteiger partial charge on any atom is -0.495 e. The van der Waals surface area contributed by atoms with Gasteiger partial charge in [-0.15, -0.1) is 0 Å². The number of aryl methyl sites for hydroxylation is 1. The van der Waals surface area contributed by atoms with Crippen LogP contribution in [0.3, 0.4) is 0 Å². The van der Waals surface area contributed by atoms with Gasteiger partial charge in [-0.3, -0.25) is 0 Å². The molecule has 0 N–H and O–H groups in total. The van der Waals surface area contributed by atoms with E-state index in [-0.39, 0.29) is 4.90 Å². The Kier molecular flexibility index (Phi) is 5.75. The maximum absolute atomic E-state index is 13.1. The third-order valence-corrected chi connectivity index (χ3v) is 6.86. The third-order valence-electron chi connectivity index (χ3n) is 4.68. The van der Waals surface area contributed by atoms with E-state index in [0.29, 0.717) is 37.0 Å². The summed E-state index contributed by atoms with van der Waals surface area (Å²) in [4.78, 5) is 2.42. The highest BCUT2D eigenvalue weighted by Crippen LogP contribution is 2.29. The standard InChI is InChI=1S/C19H23ClN2O3S/c1-3-15-4-9-18(25-2)19(14-15)26(23,24)22-12-10-21(11-13-22)17-7-5-16(20)6-8-17/h4-9,14H,3,10-13H2,1-2H3. The number of methoxy groups -OCH3 is 1. The SMILES string of the molecule is CCc1ccc(OC)c(S(=O)(=O)N2CCN(c3ccc(Cl)cc3)CC2)c1. The molecule has 0 bridgehead atoms. The van der Waals surface area contributed by atoms with E-state index in [2.05, 4.69) is 4.90 Å². The Balaban J connectivity index is 1.79. The normalized spacial score (nSPS) is 15.9. The number of piperazine rings is 1. The van der Waals surface area contributed by atoms with Gasteiger partial charge in [0.25, 0.3) is 0 Å². The molecule has 26 heavy (non-hydrogen) atoms. The van der Waals surface area contributed by atoms with Crippen LogP contribution in [0.5, 0.6) is 5.75 Å². The van der Waals surface area contributed by atoms with Crippen molar-refractivity contribution in [2.45, 2.75) is 18.2 Å². The highest BCUT2D eigenvalue weighted by molar-refractivity contribution is 7.89. The minimum atomic E-state index is -3.59. The van der Waals surface area contributed by atoms with Crippen molar-refractivity contribution >= 4 is 27.3 Å². The van der Waals surface area contributed by atoms with E-state index < -0.39 is 10.0 Å². The Labute approximate surface area is 160 Å². The lowest BCUT2D eigenvalue weighted by Gasteiger charge is -2.35. The zero-order chi connectivity index (χ0) is 18.7. The molecule has 2 aromatic rings. The number of benzene rings is 2. The van der Waals surface area contributed by atoms with Gasteiger partial charge in [-0.2, -0.15) is 4.31 Å². The minimum absolute atomic E-state index is 0.249. The largest absolute Gasteiger partial charge is 0.495 e. The summed E-state index contributed by atoms with van der Waals surface area (Å²) in [5.74, 6) is 0.391. The number of halogens is 1. The molecule has 0 radical (unpaired) electrons. The number of hydrogen-bond donors (Lipinski definition) is 0. The number of hydrogen-bond acceptors (Lipinski definition) is 4. The smallest absolute Gasteiger partial charge is 0.246 e. The van der Waals surface area contributed by atoms with Crippen molar-refractivity contribution in [2.75, 3.05) is 38.2 Å². The van der Waals surface area contributed by atoms with Crippen molar-refractivity contribution < 1.29 is 13.2 Å². The molecule has 3 rings (SSSR count). The van der Waals surface area contributed by atoms with Crippen LogP contribution in [0.15, 0.2) is 47.4 Å². The molecule has 5 nitrogen and oxygen atoms in total. The molecule has 0 spiro atoms. The maximum atomic E-state index is 13.1. The van der Waals surface area contributed by atoms with E-state index in [1.807, 2.05) is 37.3 Å². The molecule has 0 aliphatic carbocycles. The summed E-state index contributed by atoms with van der Waals surface area (Å²) in [5.41, 5.74) is 2.03. The van der Waals surface area contributed by atoms with Gasteiger partial charge in [-0.1, -0.05) is 24.6 Å². The fourth-order valence-electron chi connectivity index (χ4n) is 3.12. The van der Waals surface area contributed by atoms with Crippen molar-refractivity contribution in [3.05, 3.63) is 53.1 Å². The Hall–Kier alpha value is -1.76. The summed E-state index contributed by atoms with van der Waals surface area (Å²) in [6, 6.07) is 13.0. The monoisotopic (exact) mass is 394 g/mol. The van der Waals surface area contributed by atoms with Crippen LogP contribution in [0, 0.1) is 0 Å². The molecule has 0 saturated carbocycles. The van der Waals surface area contributed by atoms with Gasteiger partial charge in [0, 0.05) is 36.9 Å². The quantitative estimate of drug-likeness (QED) is 0.779. The Morgan fingerprint density at radius 3 is 2.27 bits per heavy atom. The number of ether oxygens (including phenoxy) is 1. The lowest BCUT2D eigenvalue weighted by atomic mass is 10.2. The van der Waals surface area contributed by atoms with Crippen LogP contribution in [-0.2, 0) is 16.4 Å². The van der Waals surface area contributed by atoms with E-state index in [1.54, 1.807) is 12.1 Å². The molecular formula is C19H23ClN2O3S. The molecule has 1 aliphatic rings. The van der Waals surface area contributed by atoms with Gasteiger partial charge < -0.3 is 9.64 Å². The van der Waals surface area contributed by atoms with Crippen LogP contribution >= 0.6 is 11.6 Å². The number of nitrogens with zero attached hydrogens (tertiary/aromatic N) is 2. The van der Waals surface area contributed by atoms with Gasteiger partial charge in [0.1, 0.15) is 10.6 Å². The maximum Gasteiger partial charge on any atom is 0.246 e. The Bertz CT molecular complexity index is 861. The third kappa shape index (κ3) is 3.82. The fourth-order valence-corrected chi connectivity index (χ4v) is 4.87. The van der Waals surface area contributed by atoms with Crippen LogP contribution in [0.1, 0.15) is 12.5 Å². The molecule has 7 heteroatoms. The molecule has 1 heterocycles. The van der Waals surface area contributed by atoms with Gasteiger partial charge in [-0.05, 0) is 48.4 Å². The highest BCUT2D eigenvalue weighted by Gasteiger charge is 2.31. The molecule has 0 aromatic heterocycles. The average Bonchev–Trinajstić information content (AvgIpc) is 2.68. The first-order valence-corrected chi connectivity index (χ1v) is 10.4. The van der Waals surface area contributed by atoms with Gasteiger partial charge in [0.15, 0.2) is 0 Å². The molecule has 0 amide bonds. The van der Waals surface area contributed by atoms with Crippen LogP contribution in [0.4, 0.5) is 5.69 Å². The predicted molar refractivity (Wildman–Crippen MR) is 105 cm³/mol. The Morgan fingerprint density at radius 2 is 1.69 bits per heavy atom. The van der Waals surface area contributed by atoms with E-state index in [9.17, 15) is 8.42 Å². The van der Waals surface area contributed by atoms with Crippen molar-refractivity contribution in [3.63, 3.8) is 0 Å². The van der Waals surface area contributed by atoms with E-state index >= 15 is 0 Å². The van der Waals surface area contributed by atoms with Crippen molar-refractivity contribution in [2.24, 2.45) is 0 Å². The number of anilines is 1. The molecular weight excluding hydrogens is 372 g/mol. The van der Waals surface area contributed by atoms with Crippen LogP contribution < -0.4 is 9.64 Å². The van der Waals surface area contributed by atoms with Crippen LogP contribution in [0.25, 0.3) is 0 Å². The van der Waals surface area contributed by atoms with Crippen LogP contribution in [0.2, 0.25) is 5.02 Å². The summed E-state index contributed by atoms with van der Waals surface area (Å²) in [7, 11) is -2.09. The molecule has 140 valence electrons.